The molecule has 2 bridgehead atoms. The quantitative estimate of drug-likeness (QED) is 0.797. The van der Waals surface area contributed by atoms with Crippen molar-refractivity contribution in [2.75, 3.05) is 13.2 Å². The number of fused-ring (bicyclic) bond motifs is 4. The molecule has 2 fully saturated rings. The lowest BCUT2D eigenvalue weighted by molar-refractivity contribution is -0.128. The molecule has 0 radical (unpaired) electrons. The van der Waals surface area contributed by atoms with Crippen LogP contribution in [-0.4, -0.2) is 45.7 Å². The van der Waals surface area contributed by atoms with Gasteiger partial charge in [-0.15, -0.1) is 0 Å². The predicted octanol–water partition coefficient (Wildman–Crippen LogP) is 2.17. The third-order valence-corrected chi connectivity index (χ3v) is 7.37. The SMILES string of the molecule is CCN1[C@@H]2c3ccc(-c4ccccc4)c(=O)n3C[C@H]1[C@H](CO)[C@H]2C(=O)NC1CCC1. The summed E-state index contributed by atoms with van der Waals surface area (Å²) in [6.45, 7) is 3.34. The Hall–Kier alpha value is -2.44. The van der Waals surface area contributed by atoms with Crippen LogP contribution in [0.2, 0.25) is 0 Å². The normalized spacial score (nSPS) is 28.1. The number of aliphatic hydroxyl groups is 1. The van der Waals surface area contributed by atoms with Crippen molar-refractivity contribution < 1.29 is 9.90 Å². The monoisotopic (exact) mass is 407 g/mol. The van der Waals surface area contributed by atoms with Crippen molar-refractivity contribution in [1.29, 1.82) is 0 Å². The number of nitrogens with zero attached hydrogens (tertiary/aromatic N) is 2. The molecule has 2 N–H and O–H groups in total. The second-order valence-corrected chi connectivity index (χ2v) is 8.80. The van der Waals surface area contributed by atoms with Gasteiger partial charge in [-0.2, -0.15) is 0 Å². The zero-order valence-corrected chi connectivity index (χ0v) is 17.3. The predicted molar refractivity (Wildman–Crippen MR) is 115 cm³/mol. The Balaban J connectivity index is 1.57. The van der Waals surface area contributed by atoms with Gasteiger partial charge in [-0.05, 0) is 43.5 Å². The van der Waals surface area contributed by atoms with E-state index < -0.39 is 0 Å². The Morgan fingerprint density at radius 3 is 2.57 bits per heavy atom. The number of aromatic nitrogens is 1. The van der Waals surface area contributed by atoms with Gasteiger partial charge in [-0.25, -0.2) is 0 Å². The number of hydrogen-bond donors (Lipinski definition) is 2. The van der Waals surface area contributed by atoms with Crippen molar-refractivity contribution in [3.8, 4) is 11.1 Å². The molecule has 1 aromatic carbocycles. The molecule has 3 heterocycles. The van der Waals surface area contributed by atoms with Crippen LogP contribution in [0.5, 0.6) is 0 Å². The van der Waals surface area contributed by atoms with E-state index >= 15 is 0 Å². The molecule has 1 aromatic heterocycles. The van der Waals surface area contributed by atoms with Gasteiger partial charge in [0.2, 0.25) is 5.91 Å². The first kappa shape index (κ1) is 19.5. The van der Waals surface area contributed by atoms with Gasteiger partial charge in [0.1, 0.15) is 0 Å². The Labute approximate surface area is 176 Å². The van der Waals surface area contributed by atoms with Crippen molar-refractivity contribution >= 4 is 5.91 Å². The zero-order chi connectivity index (χ0) is 20.8. The molecule has 1 aliphatic carbocycles. The molecule has 2 aromatic rings. The van der Waals surface area contributed by atoms with Crippen molar-refractivity contribution in [3.63, 3.8) is 0 Å². The minimum absolute atomic E-state index is 0.0128. The number of amides is 1. The van der Waals surface area contributed by atoms with Gasteiger partial charge >= 0.3 is 0 Å². The molecule has 30 heavy (non-hydrogen) atoms. The molecule has 3 aliphatic rings. The minimum Gasteiger partial charge on any atom is -0.396 e. The van der Waals surface area contributed by atoms with E-state index in [1.807, 2.05) is 47.0 Å². The number of carbonyl (C=O) groups is 1. The molecular weight excluding hydrogens is 378 g/mol. The van der Waals surface area contributed by atoms with Crippen LogP contribution in [0.15, 0.2) is 47.3 Å². The highest BCUT2D eigenvalue weighted by Crippen LogP contribution is 2.48. The number of pyridine rings is 1. The Morgan fingerprint density at radius 2 is 1.93 bits per heavy atom. The summed E-state index contributed by atoms with van der Waals surface area (Å²) in [5.41, 5.74) is 2.46. The van der Waals surface area contributed by atoms with Crippen molar-refractivity contribution in [2.24, 2.45) is 11.8 Å². The van der Waals surface area contributed by atoms with Crippen LogP contribution in [-0.2, 0) is 11.3 Å². The standard InChI is InChI=1S/C24H29N3O3/c1-2-26-20-13-27-19(12-11-17(24(27)30)15-7-4-3-5-8-15)22(26)21(18(20)14-28)23(29)25-16-9-6-10-16/h3-5,7-8,11-12,16,18,20-22,28H,2,6,9-10,13-14H2,1H3,(H,25,29)/t18-,20-,21+,22+/m0/s1. The first-order valence-electron chi connectivity index (χ1n) is 11.1. The lowest BCUT2D eigenvalue weighted by Crippen LogP contribution is -2.47. The Kier molecular flexibility index (Phi) is 4.99. The number of benzene rings is 1. The molecule has 6 nitrogen and oxygen atoms in total. The molecule has 2 aliphatic heterocycles. The lowest BCUT2D eigenvalue weighted by Gasteiger charge is -2.37. The van der Waals surface area contributed by atoms with Gasteiger partial charge in [-0.3, -0.25) is 14.5 Å². The van der Waals surface area contributed by atoms with Crippen LogP contribution in [0.3, 0.4) is 0 Å². The summed E-state index contributed by atoms with van der Waals surface area (Å²) in [5, 5.41) is 13.4. The maximum Gasteiger partial charge on any atom is 0.258 e. The van der Waals surface area contributed by atoms with Crippen LogP contribution < -0.4 is 10.9 Å². The topological polar surface area (TPSA) is 74.6 Å². The number of nitrogens with one attached hydrogen (secondary N) is 1. The summed E-state index contributed by atoms with van der Waals surface area (Å²) < 4.78 is 1.85. The number of rotatable bonds is 5. The average molecular weight is 408 g/mol. The van der Waals surface area contributed by atoms with Crippen LogP contribution in [0.4, 0.5) is 0 Å². The van der Waals surface area contributed by atoms with Gasteiger partial charge in [0.25, 0.3) is 5.56 Å². The number of aliphatic hydroxyl groups excluding tert-OH is 1. The summed E-state index contributed by atoms with van der Waals surface area (Å²) in [6.07, 6.45) is 3.22. The van der Waals surface area contributed by atoms with E-state index in [1.54, 1.807) is 0 Å². The highest BCUT2D eigenvalue weighted by molar-refractivity contribution is 5.81. The van der Waals surface area contributed by atoms with Gasteiger partial charge in [0.15, 0.2) is 0 Å². The van der Waals surface area contributed by atoms with E-state index in [4.69, 9.17) is 0 Å². The van der Waals surface area contributed by atoms with E-state index in [2.05, 4.69) is 17.1 Å². The van der Waals surface area contributed by atoms with Crippen molar-refractivity contribution in [3.05, 3.63) is 58.5 Å². The van der Waals surface area contributed by atoms with Gasteiger partial charge in [0.05, 0.1) is 12.0 Å². The van der Waals surface area contributed by atoms with Crippen molar-refractivity contribution in [1.82, 2.24) is 14.8 Å². The first-order chi connectivity index (χ1) is 14.6. The second kappa shape index (κ2) is 7.67. The largest absolute Gasteiger partial charge is 0.396 e. The zero-order valence-electron chi connectivity index (χ0n) is 17.3. The molecule has 0 spiro atoms. The molecule has 0 unspecified atom stereocenters. The van der Waals surface area contributed by atoms with Gasteiger partial charge in [0, 0.05) is 42.4 Å². The van der Waals surface area contributed by atoms with Gasteiger partial charge in [-0.1, -0.05) is 37.3 Å². The molecule has 1 saturated heterocycles. The van der Waals surface area contributed by atoms with Crippen molar-refractivity contribution in [2.45, 2.75) is 50.9 Å². The molecular formula is C24H29N3O3. The number of carbonyl (C=O) groups excluding carboxylic acids is 1. The smallest absolute Gasteiger partial charge is 0.258 e. The highest BCUT2D eigenvalue weighted by Gasteiger charge is 2.55. The number of hydrogen-bond acceptors (Lipinski definition) is 4. The van der Waals surface area contributed by atoms with Crippen LogP contribution in [0.25, 0.3) is 11.1 Å². The highest BCUT2D eigenvalue weighted by atomic mass is 16.3. The van der Waals surface area contributed by atoms with Gasteiger partial charge < -0.3 is 15.0 Å². The number of likely N-dealkylation sites (N-methyl/N-ethyl adjacent to an activating group) is 1. The van der Waals surface area contributed by atoms with E-state index in [1.165, 1.54) is 0 Å². The second-order valence-electron chi connectivity index (χ2n) is 8.80. The van der Waals surface area contributed by atoms with Crippen LogP contribution in [0.1, 0.15) is 37.9 Å². The molecule has 158 valence electrons. The lowest BCUT2D eigenvalue weighted by atomic mass is 9.85. The van der Waals surface area contributed by atoms with E-state index in [0.29, 0.717) is 12.1 Å². The summed E-state index contributed by atoms with van der Waals surface area (Å²) >= 11 is 0. The molecule has 5 rings (SSSR count). The fraction of sp³-hybridized carbons (Fsp3) is 0.500. The third kappa shape index (κ3) is 2.93. The summed E-state index contributed by atoms with van der Waals surface area (Å²) in [6, 6.07) is 13.7. The average Bonchev–Trinajstić information content (AvgIpc) is 2.97. The minimum atomic E-state index is -0.337. The fourth-order valence-electron chi connectivity index (χ4n) is 5.64. The molecule has 4 atom stereocenters. The van der Waals surface area contributed by atoms with Crippen LogP contribution in [0, 0.1) is 11.8 Å². The fourth-order valence-corrected chi connectivity index (χ4v) is 5.64. The maximum absolute atomic E-state index is 13.4. The molecule has 6 heteroatoms. The molecule has 1 saturated carbocycles. The third-order valence-electron chi connectivity index (χ3n) is 7.37. The van der Waals surface area contributed by atoms with E-state index in [-0.39, 0.29) is 48.0 Å². The van der Waals surface area contributed by atoms with E-state index in [0.717, 1.165) is 37.1 Å². The Morgan fingerprint density at radius 1 is 1.17 bits per heavy atom. The first-order valence-corrected chi connectivity index (χ1v) is 11.1. The van der Waals surface area contributed by atoms with Crippen LogP contribution >= 0.6 is 0 Å². The summed E-state index contributed by atoms with van der Waals surface area (Å²) in [5.74, 6) is -0.483. The molecule has 1 amide bonds. The summed E-state index contributed by atoms with van der Waals surface area (Å²) in [7, 11) is 0. The van der Waals surface area contributed by atoms with E-state index in [9.17, 15) is 14.7 Å². The summed E-state index contributed by atoms with van der Waals surface area (Å²) in [4.78, 5) is 29.0. The Bertz CT molecular complexity index is 999. The maximum atomic E-state index is 13.4.